The molecule has 4 heteroatoms. The molecule has 0 fully saturated rings. The smallest absolute Gasteiger partial charge is 0.176 e. The Morgan fingerprint density at radius 1 is 1.13 bits per heavy atom. The first-order valence-corrected chi connectivity index (χ1v) is 8.03. The standard InChI is InChI=1S/C19H19ClN2O/c1-22(13-19(23)14-6-8-16(20)9-7-14)11-10-15-12-21-18-5-3-2-4-17(15)18/h2-9,12,21H,10-11,13H2,1H3. The molecule has 0 radical (unpaired) electrons. The first-order chi connectivity index (χ1) is 11.1. The number of hydrogen-bond donors (Lipinski definition) is 1. The lowest BCUT2D eigenvalue weighted by Gasteiger charge is -2.15. The lowest BCUT2D eigenvalue weighted by molar-refractivity contribution is 0.0947. The number of halogens is 1. The molecule has 0 unspecified atom stereocenters. The zero-order valence-electron chi connectivity index (χ0n) is 13.1. The summed E-state index contributed by atoms with van der Waals surface area (Å²) in [7, 11) is 1.97. The van der Waals surface area contributed by atoms with Crippen molar-refractivity contribution in [3.05, 3.63) is 70.9 Å². The molecule has 3 nitrogen and oxygen atoms in total. The van der Waals surface area contributed by atoms with Gasteiger partial charge in [-0.1, -0.05) is 29.8 Å². The van der Waals surface area contributed by atoms with Crippen LogP contribution in [0.1, 0.15) is 15.9 Å². The van der Waals surface area contributed by atoms with Gasteiger partial charge in [0.25, 0.3) is 0 Å². The van der Waals surface area contributed by atoms with Crippen LogP contribution in [0.4, 0.5) is 0 Å². The van der Waals surface area contributed by atoms with Crippen LogP contribution in [0.25, 0.3) is 10.9 Å². The molecule has 1 N–H and O–H groups in total. The number of rotatable bonds is 6. The number of Topliss-reactive ketones (excluding diaryl/α,β-unsaturated/α-hetero) is 1. The lowest BCUT2D eigenvalue weighted by Crippen LogP contribution is -2.28. The number of likely N-dealkylation sites (N-methyl/N-ethyl adjacent to an activating group) is 1. The number of nitrogens with zero attached hydrogens (tertiary/aromatic N) is 1. The van der Waals surface area contributed by atoms with Crippen molar-refractivity contribution in [3.8, 4) is 0 Å². The highest BCUT2D eigenvalue weighted by Gasteiger charge is 2.10. The van der Waals surface area contributed by atoms with Crippen molar-refractivity contribution in [1.29, 1.82) is 0 Å². The molecule has 0 aliphatic heterocycles. The van der Waals surface area contributed by atoms with Gasteiger partial charge in [-0.15, -0.1) is 0 Å². The number of para-hydroxylation sites is 1. The largest absolute Gasteiger partial charge is 0.361 e. The molecule has 0 atom stereocenters. The van der Waals surface area contributed by atoms with E-state index < -0.39 is 0 Å². The second kappa shape index (κ2) is 6.99. The summed E-state index contributed by atoms with van der Waals surface area (Å²) in [5.41, 5.74) is 3.14. The minimum Gasteiger partial charge on any atom is -0.361 e. The fourth-order valence-electron chi connectivity index (χ4n) is 2.70. The van der Waals surface area contributed by atoms with Gasteiger partial charge in [-0.05, 0) is 49.4 Å². The van der Waals surface area contributed by atoms with Gasteiger partial charge >= 0.3 is 0 Å². The third-order valence-corrected chi connectivity index (χ3v) is 4.27. The second-order valence-electron chi connectivity index (χ2n) is 5.78. The number of ketones is 1. The molecule has 3 rings (SSSR count). The molecule has 0 saturated carbocycles. The number of fused-ring (bicyclic) bond motifs is 1. The van der Waals surface area contributed by atoms with Crippen LogP contribution in [-0.2, 0) is 6.42 Å². The third-order valence-electron chi connectivity index (χ3n) is 4.02. The van der Waals surface area contributed by atoms with E-state index in [2.05, 4.69) is 28.2 Å². The van der Waals surface area contributed by atoms with Gasteiger partial charge in [0.15, 0.2) is 5.78 Å². The van der Waals surface area contributed by atoms with Crippen molar-refractivity contribution in [2.45, 2.75) is 6.42 Å². The molecule has 2 aromatic carbocycles. The van der Waals surface area contributed by atoms with Crippen molar-refractivity contribution in [3.63, 3.8) is 0 Å². The summed E-state index contributed by atoms with van der Waals surface area (Å²) in [4.78, 5) is 17.6. The first kappa shape index (κ1) is 15.8. The quantitative estimate of drug-likeness (QED) is 0.690. The Morgan fingerprint density at radius 3 is 2.65 bits per heavy atom. The first-order valence-electron chi connectivity index (χ1n) is 7.66. The summed E-state index contributed by atoms with van der Waals surface area (Å²) in [5, 5.41) is 1.90. The summed E-state index contributed by atoms with van der Waals surface area (Å²) in [6.07, 6.45) is 2.97. The van der Waals surface area contributed by atoms with Gasteiger partial charge in [0.1, 0.15) is 0 Å². The predicted molar refractivity (Wildman–Crippen MR) is 95.3 cm³/mol. The molecule has 23 heavy (non-hydrogen) atoms. The van der Waals surface area contributed by atoms with Crippen LogP contribution in [0.15, 0.2) is 54.7 Å². The SMILES string of the molecule is CN(CCc1c[nH]c2ccccc12)CC(=O)c1ccc(Cl)cc1. The number of H-pyrrole nitrogens is 1. The number of carbonyl (C=O) groups is 1. The molecular formula is C19H19ClN2O. The second-order valence-corrected chi connectivity index (χ2v) is 6.21. The molecule has 1 heterocycles. The highest BCUT2D eigenvalue weighted by Crippen LogP contribution is 2.18. The minimum atomic E-state index is 0.114. The summed E-state index contributed by atoms with van der Waals surface area (Å²) < 4.78 is 0. The molecule has 1 aromatic heterocycles. The van der Waals surface area contributed by atoms with Gasteiger partial charge < -0.3 is 4.98 Å². The van der Waals surface area contributed by atoms with Gasteiger partial charge in [-0.25, -0.2) is 0 Å². The van der Waals surface area contributed by atoms with Gasteiger partial charge in [-0.3, -0.25) is 9.69 Å². The van der Waals surface area contributed by atoms with Gasteiger partial charge in [0.2, 0.25) is 0 Å². The fraction of sp³-hybridized carbons (Fsp3) is 0.211. The maximum atomic E-state index is 12.2. The number of carbonyl (C=O) groups excluding carboxylic acids is 1. The van der Waals surface area contributed by atoms with E-state index in [1.807, 2.05) is 19.2 Å². The van der Waals surface area contributed by atoms with Gasteiger partial charge in [-0.2, -0.15) is 0 Å². The van der Waals surface area contributed by atoms with Crippen molar-refractivity contribution in [2.75, 3.05) is 20.1 Å². The number of hydrogen-bond acceptors (Lipinski definition) is 2. The van der Waals surface area contributed by atoms with Crippen LogP contribution in [0.2, 0.25) is 5.02 Å². The van der Waals surface area contributed by atoms with Gasteiger partial charge in [0, 0.05) is 34.2 Å². The lowest BCUT2D eigenvalue weighted by atomic mass is 10.1. The molecule has 3 aromatic rings. The maximum absolute atomic E-state index is 12.2. The summed E-state index contributed by atoms with van der Waals surface area (Å²) in [6.45, 7) is 1.24. The molecule has 0 aliphatic carbocycles. The maximum Gasteiger partial charge on any atom is 0.176 e. The number of nitrogens with one attached hydrogen (secondary N) is 1. The van der Waals surface area contributed by atoms with Crippen molar-refractivity contribution >= 4 is 28.3 Å². The molecule has 118 valence electrons. The van der Waals surface area contributed by atoms with Crippen molar-refractivity contribution < 1.29 is 4.79 Å². The van der Waals surface area contributed by atoms with E-state index in [0.717, 1.165) is 18.5 Å². The Balaban J connectivity index is 1.58. The summed E-state index contributed by atoms with van der Waals surface area (Å²) in [6, 6.07) is 15.3. The van der Waals surface area contributed by atoms with E-state index in [1.54, 1.807) is 24.3 Å². The van der Waals surface area contributed by atoms with Crippen molar-refractivity contribution in [2.24, 2.45) is 0 Å². The van der Waals surface area contributed by atoms with E-state index >= 15 is 0 Å². The Morgan fingerprint density at radius 2 is 1.87 bits per heavy atom. The highest BCUT2D eigenvalue weighted by molar-refractivity contribution is 6.30. The molecule has 0 spiro atoms. The van der Waals surface area contributed by atoms with Crippen LogP contribution < -0.4 is 0 Å². The van der Waals surface area contributed by atoms with Crippen LogP contribution in [0.5, 0.6) is 0 Å². The fourth-order valence-corrected chi connectivity index (χ4v) is 2.83. The third kappa shape index (κ3) is 3.81. The van der Waals surface area contributed by atoms with Crippen LogP contribution >= 0.6 is 11.6 Å². The Hall–Kier alpha value is -2.10. The molecule has 0 bridgehead atoms. The van der Waals surface area contributed by atoms with E-state index in [9.17, 15) is 4.79 Å². The molecule has 0 aliphatic rings. The predicted octanol–water partition coefficient (Wildman–Crippen LogP) is 4.18. The summed E-state index contributed by atoms with van der Waals surface area (Å²) >= 11 is 5.85. The zero-order valence-corrected chi connectivity index (χ0v) is 13.8. The van der Waals surface area contributed by atoms with Crippen molar-refractivity contribution in [1.82, 2.24) is 9.88 Å². The Labute approximate surface area is 140 Å². The van der Waals surface area contributed by atoms with Crippen LogP contribution in [0, 0.1) is 0 Å². The topological polar surface area (TPSA) is 36.1 Å². The zero-order chi connectivity index (χ0) is 16.2. The minimum absolute atomic E-state index is 0.114. The van der Waals surface area contributed by atoms with E-state index in [1.165, 1.54) is 10.9 Å². The number of aromatic amines is 1. The van der Waals surface area contributed by atoms with Gasteiger partial charge in [0.05, 0.1) is 6.54 Å². The van der Waals surface area contributed by atoms with E-state index in [0.29, 0.717) is 17.1 Å². The normalized spacial score (nSPS) is 11.3. The van der Waals surface area contributed by atoms with E-state index in [-0.39, 0.29) is 5.78 Å². The molecule has 0 amide bonds. The number of benzene rings is 2. The summed E-state index contributed by atoms with van der Waals surface area (Å²) in [5.74, 6) is 0.114. The number of aromatic nitrogens is 1. The average molecular weight is 327 g/mol. The monoisotopic (exact) mass is 326 g/mol. The van der Waals surface area contributed by atoms with Crippen LogP contribution in [-0.4, -0.2) is 35.8 Å². The average Bonchev–Trinajstić information content (AvgIpc) is 2.97. The highest BCUT2D eigenvalue weighted by atomic mass is 35.5. The molecule has 0 saturated heterocycles. The van der Waals surface area contributed by atoms with E-state index in [4.69, 9.17) is 11.6 Å². The molecular weight excluding hydrogens is 308 g/mol. The Bertz CT molecular complexity index is 808. The van der Waals surface area contributed by atoms with Crippen LogP contribution in [0.3, 0.4) is 0 Å². The Kier molecular flexibility index (Phi) is 4.79.